The maximum Gasteiger partial charge on any atom is 0.274 e. The largest absolute Gasteiger partial charge is 0.503 e. The van der Waals surface area contributed by atoms with Gasteiger partial charge < -0.3 is 19.7 Å². The Labute approximate surface area is 96.7 Å². The molecule has 3 rings (SSSR count). The molecule has 3 heterocycles. The van der Waals surface area contributed by atoms with E-state index in [0.29, 0.717) is 13.1 Å². The first-order valence-corrected chi connectivity index (χ1v) is 5.56. The summed E-state index contributed by atoms with van der Waals surface area (Å²) in [5, 5.41) is 19.0. The van der Waals surface area contributed by atoms with Crippen LogP contribution in [0, 0.1) is 0 Å². The second-order valence-corrected chi connectivity index (χ2v) is 4.49. The predicted molar refractivity (Wildman–Crippen MR) is 58.1 cm³/mol. The Morgan fingerprint density at radius 3 is 2.82 bits per heavy atom. The normalized spacial score (nSPS) is 22.5. The van der Waals surface area contributed by atoms with Crippen molar-refractivity contribution in [3.05, 3.63) is 22.1 Å². The monoisotopic (exact) mass is 236 g/mol. The van der Waals surface area contributed by atoms with Gasteiger partial charge in [-0.3, -0.25) is 9.59 Å². The molecule has 1 atom stereocenters. The molecule has 1 aromatic rings. The minimum Gasteiger partial charge on any atom is -0.503 e. The summed E-state index contributed by atoms with van der Waals surface area (Å²) in [4.78, 5) is 25.2. The summed E-state index contributed by atoms with van der Waals surface area (Å²) in [6.07, 6.45) is 3.08. The van der Waals surface area contributed by atoms with Crippen LogP contribution in [0.25, 0.3) is 0 Å². The van der Waals surface area contributed by atoms with Crippen LogP contribution in [0.1, 0.15) is 23.3 Å². The van der Waals surface area contributed by atoms with Gasteiger partial charge in [0.15, 0.2) is 17.2 Å². The van der Waals surface area contributed by atoms with Gasteiger partial charge in [-0.1, -0.05) is 0 Å². The van der Waals surface area contributed by atoms with Gasteiger partial charge in [0.2, 0.25) is 0 Å². The molecule has 90 valence electrons. The fourth-order valence-electron chi connectivity index (χ4n) is 2.66. The van der Waals surface area contributed by atoms with Crippen LogP contribution >= 0.6 is 0 Å². The van der Waals surface area contributed by atoms with Gasteiger partial charge in [-0.2, -0.15) is 0 Å². The molecule has 0 radical (unpaired) electrons. The highest BCUT2D eigenvalue weighted by Gasteiger charge is 2.37. The Balaban J connectivity index is 2.22. The summed E-state index contributed by atoms with van der Waals surface area (Å²) in [6.45, 7) is 1.18. The zero-order valence-electron chi connectivity index (χ0n) is 9.09. The lowest BCUT2D eigenvalue weighted by Gasteiger charge is -2.32. The summed E-state index contributed by atoms with van der Waals surface area (Å²) < 4.78 is 1.47. The lowest BCUT2D eigenvalue weighted by atomic mass is 10.1. The second kappa shape index (κ2) is 3.26. The van der Waals surface area contributed by atoms with Gasteiger partial charge in [0.05, 0.1) is 12.2 Å². The van der Waals surface area contributed by atoms with E-state index in [1.807, 2.05) is 0 Å². The number of pyridine rings is 1. The molecule has 0 unspecified atom stereocenters. The van der Waals surface area contributed by atoms with E-state index >= 15 is 0 Å². The lowest BCUT2D eigenvalue weighted by Crippen LogP contribution is -2.45. The fraction of sp³-hybridized carbons (Fsp3) is 0.455. The summed E-state index contributed by atoms with van der Waals surface area (Å²) >= 11 is 0. The molecule has 0 spiro atoms. The average molecular weight is 236 g/mol. The lowest BCUT2D eigenvalue weighted by molar-refractivity contribution is 0.0660. The number of hydrogen-bond acceptors (Lipinski definition) is 4. The van der Waals surface area contributed by atoms with Gasteiger partial charge in [-0.15, -0.1) is 0 Å². The molecular formula is C11H12N2O4. The standard InChI is InChI=1S/C11H12N2O4/c14-7-5-12-4-6-2-1-3-13(6)11(17)8(12)10(16)9(7)15/h5-6,14,16H,1-4H2/t6-/m1/s1. The number of fused-ring (bicyclic) bond motifs is 2. The smallest absolute Gasteiger partial charge is 0.274 e. The van der Waals surface area contributed by atoms with Crippen molar-refractivity contribution in [2.24, 2.45) is 0 Å². The Morgan fingerprint density at radius 2 is 2.06 bits per heavy atom. The van der Waals surface area contributed by atoms with Crippen molar-refractivity contribution in [1.82, 2.24) is 9.47 Å². The van der Waals surface area contributed by atoms with Crippen molar-refractivity contribution in [2.45, 2.75) is 25.4 Å². The Morgan fingerprint density at radius 1 is 1.29 bits per heavy atom. The molecule has 2 aliphatic rings. The third kappa shape index (κ3) is 1.26. The molecule has 1 aromatic heterocycles. The van der Waals surface area contributed by atoms with Crippen LogP contribution in [-0.4, -0.2) is 38.2 Å². The van der Waals surface area contributed by atoms with Crippen molar-refractivity contribution in [1.29, 1.82) is 0 Å². The fourth-order valence-corrected chi connectivity index (χ4v) is 2.66. The van der Waals surface area contributed by atoms with Crippen LogP contribution in [0.4, 0.5) is 0 Å². The van der Waals surface area contributed by atoms with E-state index in [9.17, 15) is 19.8 Å². The van der Waals surface area contributed by atoms with E-state index in [-0.39, 0.29) is 17.6 Å². The highest BCUT2D eigenvalue weighted by Crippen LogP contribution is 2.29. The SMILES string of the molecule is O=C1c2c(O)c(=O)c(O)cn2C[C@H]2CCCN12. The van der Waals surface area contributed by atoms with Gasteiger partial charge in [-0.05, 0) is 12.8 Å². The molecular weight excluding hydrogens is 224 g/mol. The number of nitrogens with zero attached hydrogens (tertiary/aromatic N) is 2. The topological polar surface area (TPSA) is 82.8 Å². The zero-order chi connectivity index (χ0) is 12.2. The third-order valence-electron chi connectivity index (χ3n) is 3.49. The minimum atomic E-state index is -0.887. The molecule has 0 saturated carbocycles. The quantitative estimate of drug-likeness (QED) is 0.657. The maximum absolute atomic E-state index is 12.1. The van der Waals surface area contributed by atoms with Crippen LogP contribution in [0.5, 0.6) is 11.5 Å². The Bertz CT molecular complexity index is 563. The van der Waals surface area contributed by atoms with Crippen molar-refractivity contribution in [2.75, 3.05) is 6.54 Å². The highest BCUT2D eigenvalue weighted by atomic mass is 16.3. The maximum atomic E-state index is 12.1. The molecule has 6 nitrogen and oxygen atoms in total. The molecule has 1 saturated heterocycles. The van der Waals surface area contributed by atoms with Gasteiger partial charge in [0.1, 0.15) is 0 Å². The number of rotatable bonds is 0. The molecule has 2 aliphatic heterocycles. The first kappa shape index (κ1) is 10.2. The van der Waals surface area contributed by atoms with Gasteiger partial charge in [0.25, 0.3) is 11.3 Å². The van der Waals surface area contributed by atoms with Crippen molar-refractivity contribution >= 4 is 5.91 Å². The highest BCUT2D eigenvalue weighted by molar-refractivity contribution is 5.96. The molecule has 0 bridgehead atoms. The van der Waals surface area contributed by atoms with Crippen molar-refractivity contribution in [3.63, 3.8) is 0 Å². The molecule has 0 aliphatic carbocycles. The summed E-state index contributed by atoms with van der Waals surface area (Å²) in [5.74, 6) is -1.50. The predicted octanol–water partition coefficient (Wildman–Crippen LogP) is -0.122. The van der Waals surface area contributed by atoms with E-state index in [2.05, 4.69) is 0 Å². The number of hydrogen-bond donors (Lipinski definition) is 2. The van der Waals surface area contributed by atoms with Crippen LogP contribution in [0.3, 0.4) is 0 Å². The average Bonchev–Trinajstić information content (AvgIpc) is 2.74. The molecule has 1 fully saturated rings. The number of carbonyl (C=O) groups is 1. The van der Waals surface area contributed by atoms with Gasteiger partial charge >= 0.3 is 0 Å². The molecule has 0 aromatic carbocycles. The van der Waals surface area contributed by atoms with E-state index in [0.717, 1.165) is 12.8 Å². The van der Waals surface area contributed by atoms with Crippen molar-refractivity contribution < 1.29 is 15.0 Å². The number of amides is 1. The van der Waals surface area contributed by atoms with Crippen LogP contribution in [-0.2, 0) is 6.54 Å². The summed E-state index contributed by atoms with van der Waals surface area (Å²) in [7, 11) is 0. The first-order chi connectivity index (χ1) is 8.09. The van der Waals surface area contributed by atoms with E-state index in [4.69, 9.17) is 0 Å². The van der Waals surface area contributed by atoms with Crippen LogP contribution in [0.2, 0.25) is 0 Å². The van der Waals surface area contributed by atoms with E-state index in [1.165, 1.54) is 10.8 Å². The van der Waals surface area contributed by atoms with Gasteiger partial charge in [-0.25, -0.2) is 0 Å². The minimum absolute atomic E-state index is 0.00838. The van der Waals surface area contributed by atoms with Gasteiger partial charge in [0, 0.05) is 13.1 Å². The van der Waals surface area contributed by atoms with Crippen LogP contribution in [0.15, 0.2) is 11.0 Å². The Kier molecular flexibility index (Phi) is 1.95. The third-order valence-corrected chi connectivity index (χ3v) is 3.49. The van der Waals surface area contributed by atoms with E-state index in [1.54, 1.807) is 4.90 Å². The summed E-state index contributed by atoms with van der Waals surface area (Å²) in [6, 6.07) is 0.108. The Hall–Kier alpha value is -1.98. The molecule has 1 amide bonds. The molecule has 2 N–H and O–H groups in total. The first-order valence-electron chi connectivity index (χ1n) is 5.56. The zero-order valence-corrected chi connectivity index (χ0v) is 9.09. The summed E-state index contributed by atoms with van der Waals surface area (Å²) in [5.41, 5.74) is -0.895. The van der Waals surface area contributed by atoms with Crippen molar-refractivity contribution in [3.8, 4) is 11.5 Å². The number of carbonyl (C=O) groups excluding carboxylic acids is 1. The number of aromatic hydroxyl groups is 2. The molecule has 6 heteroatoms. The second-order valence-electron chi connectivity index (χ2n) is 4.49. The van der Waals surface area contributed by atoms with E-state index < -0.39 is 16.9 Å². The number of aromatic nitrogens is 1. The van der Waals surface area contributed by atoms with Crippen LogP contribution < -0.4 is 5.43 Å². The molecule has 17 heavy (non-hydrogen) atoms.